The molecule has 0 unspecified atom stereocenters. The molecule has 0 radical (unpaired) electrons. The molecule has 2 heterocycles. The highest BCUT2D eigenvalue weighted by Gasteiger charge is 2.23. The van der Waals surface area contributed by atoms with Gasteiger partial charge in [0.15, 0.2) is 11.5 Å². The highest BCUT2D eigenvalue weighted by Crippen LogP contribution is 2.33. The molecule has 1 fully saturated rings. The van der Waals surface area contributed by atoms with Gasteiger partial charge in [-0.05, 0) is 90.9 Å². The number of rotatable bonds is 6. The Balaban J connectivity index is 1.45. The minimum atomic E-state index is -0.297. The Morgan fingerprint density at radius 2 is 1.46 bits per heavy atom. The number of hydrogen-bond acceptors (Lipinski definition) is 5. The van der Waals surface area contributed by atoms with Gasteiger partial charge in [-0.3, -0.25) is 4.79 Å². The Hall–Kier alpha value is -4.06. The van der Waals surface area contributed by atoms with E-state index in [1.54, 1.807) is 0 Å². The van der Waals surface area contributed by atoms with E-state index in [0.717, 1.165) is 35.6 Å². The largest absolute Gasteiger partial charge is 0.435 e. The van der Waals surface area contributed by atoms with Crippen LogP contribution in [0.3, 0.4) is 0 Å². The number of nitrogens with zero attached hydrogens (tertiary/aromatic N) is 3. The number of nitrogens with one attached hydrogen (secondary N) is 1. The van der Waals surface area contributed by atoms with Gasteiger partial charge in [0.1, 0.15) is 0 Å². The highest BCUT2D eigenvalue weighted by atomic mass is 16.4. The molecule has 1 aliphatic heterocycles. The predicted octanol–water partition coefficient (Wildman–Crippen LogP) is 7.61. The molecule has 6 nitrogen and oxygen atoms in total. The summed E-state index contributed by atoms with van der Waals surface area (Å²) in [5.74, 6) is 0.583. The molecule has 0 saturated carbocycles. The van der Waals surface area contributed by atoms with Crippen molar-refractivity contribution in [2.45, 2.75) is 45.4 Å². The second-order valence-corrected chi connectivity index (χ2v) is 11.5. The van der Waals surface area contributed by atoms with Gasteiger partial charge in [0, 0.05) is 55.4 Å². The molecule has 3 aromatic carbocycles. The van der Waals surface area contributed by atoms with Crippen LogP contribution in [-0.4, -0.2) is 38.1 Å². The summed E-state index contributed by atoms with van der Waals surface area (Å²) in [7, 11) is 4.00. The van der Waals surface area contributed by atoms with E-state index in [1.165, 1.54) is 30.5 Å². The zero-order valence-corrected chi connectivity index (χ0v) is 23.6. The normalized spacial score (nSPS) is 13.8. The van der Waals surface area contributed by atoms with E-state index >= 15 is 0 Å². The standard InChI is InChI=1S/C33H38N4O2/c1-33(2,3)25-13-9-24(10-14-25)32-35-29(30(39-32)23-11-17-27(18-12-23)36(4)5)31(38)34-26-15-19-28(20-16-26)37-21-7-6-8-22-37/h9-20H,6-8,21-22H2,1-5H3,(H,34,38). The maximum absolute atomic E-state index is 13.5. The fourth-order valence-corrected chi connectivity index (χ4v) is 4.91. The molecule has 1 N–H and O–H groups in total. The van der Waals surface area contributed by atoms with Crippen molar-refractivity contribution < 1.29 is 9.21 Å². The minimum Gasteiger partial charge on any atom is -0.435 e. The topological polar surface area (TPSA) is 61.6 Å². The summed E-state index contributed by atoms with van der Waals surface area (Å²) in [5, 5.41) is 3.03. The lowest BCUT2D eigenvalue weighted by molar-refractivity contribution is 0.102. The maximum Gasteiger partial charge on any atom is 0.278 e. The summed E-state index contributed by atoms with van der Waals surface area (Å²) in [6.07, 6.45) is 3.75. The Morgan fingerprint density at radius 1 is 0.846 bits per heavy atom. The molecule has 0 bridgehead atoms. The average Bonchev–Trinajstić information content (AvgIpc) is 3.39. The maximum atomic E-state index is 13.5. The third-order valence-electron chi connectivity index (χ3n) is 7.33. The quantitative estimate of drug-likeness (QED) is 0.282. The summed E-state index contributed by atoms with van der Waals surface area (Å²) >= 11 is 0. The highest BCUT2D eigenvalue weighted by molar-refractivity contribution is 6.07. The number of oxazole rings is 1. The van der Waals surface area contributed by atoms with Gasteiger partial charge < -0.3 is 19.5 Å². The van der Waals surface area contributed by atoms with Crippen molar-refractivity contribution in [3.8, 4) is 22.8 Å². The van der Waals surface area contributed by atoms with Crippen LogP contribution in [0.1, 0.15) is 56.1 Å². The first-order chi connectivity index (χ1) is 18.7. The molecule has 0 spiro atoms. The van der Waals surface area contributed by atoms with E-state index in [0.29, 0.717) is 11.7 Å². The first-order valence-corrected chi connectivity index (χ1v) is 13.7. The number of carbonyl (C=O) groups is 1. The van der Waals surface area contributed by atoms with Crippen LogP contribution in [0, 0.1) is 0 Å². The number of piperidine rings is 1. The Morgan fingerprint density at radius 3 is 2.05 bits per heavy atom. The van der Waals surface area contributed by atoms with E-state index in [9.17, 15) is 4.79 Å². The van der Waals surface area contributed by atoms with Crippen LogP contribution < -0.4 is 15.1 Å². The van der Waals surface area contributed by atoms with Gasteiger partial charge in [0.05, 0.1) is 0 Å². The molecule has 1 amide bonds. The monoisotopic (exact) mass is 522 g/mol. The summed E-state index contributed by atoms with van der Waals surface area (Å²) < 4.78 is 6.28. The summed E-state index contributed by atoms with van der Waals surface area (Å²) in [5.41, 5.74) is 6.16. The predicted molar refractivity (Wildman–Crippen MR) is 161 cm³/mol. The third-order valence-corrected chi connectivity index (χ3v) is 7.33. The van der Waals surface area contributed by atoms with Crippen molar-refractivity contribution in [3.05, 3.63) is 84.1 Å². The summed E-state index contributed by atoms with van der Waals surface area (Å²) in [6, 6.07) is 24.2. The van der Waals surface area contributed by atoms with Crippen LogP contribution in [-0.2, 0) is 5.41 Å². The molecule has 1 saturated heterocycles. The molecule has 0 aliphatic carbocycles. The number of benzene rings is 3. The van der Waals surface area contributed by atoms with Gasteiger partial charge in [-0.2, -0.15) is 0 Å². The average molecular weight is 523 g/mol. The Kier molecular flexibility index (Phi) is 7.47. The van der Waals surface area contributed by atoms with Gasteiger partial charge >= 0.3 is 0 Å². The van der Waals surface area contributed by atoms with Gasteiger partial charge in [0.25, 0.3) is 5.91 Å². The molecule has 1 aromatic heterocycles. The fourth-order valence-electron chi connectivity index (χ4n) is 4.91. The SMILES string of the molecule is CN(C)c1ccc(-c2oc(-c3ccc(C(C)(C)C)cc3)nc2C(=O)Nc2ccc(N3CCCCC3)cc2)cc1. The molecule has 1 aliphatic rings. The number of carbonyl (C=O) groups excluding carboxylic acids is 1. The van der Waals surface area contributed by atoms with Crippen LogP contribution in [0.25, 0.3) is 22.8 Å². The van der Waals surface area contributed by atoms with Crippen molar-refractivity contribution >= 4 is 23.0 Å². The van der Waals surface area contributed by atoms with Crippen LogP contribution in [0.4, 0.5) is 17.1 Å². The van der Waals surface area contributed by atoms with Crippen LogP contribution >= 0.6 is 0 Å². The van der Waals surface area contributed by atoms with Crippen molar-refractivity contribution in [3.63, 3.8) is 0 Å². The zero-order valence-electron chi connectivity index (χ0n) is 23.6. The number of anilines is 3. The van der Waals surface area contributed by atoms with Crippen molar-refractivity contribution in [2.24, 2.45) is 0 Å². The van der Waals surface area contributed by atoms with Crippen LogP contribution in [0.15, 0.2) is 77.2 Å². The third kappa shape index (κ3) is 6.00. The zero-order chi connectivity index (χ0) is 27.6. The molecule has 202 valence electrons. The van der Waals surface area contributed by atoms with Gasteiger partial charge in [-0.25, -0.2) is 4.98 Å². The van der Waals surface area contributed by atoms with E-state index in [4.69, 9.17) is 9.40 Å². The molecule has 0 atom stereocenters. The lowest BCUT2D eigenvalue weighted by Crippen LogP contribution is -2.29. The van der Waals surface area contributed by atoms with Gasteiger partial charge in [-0.15, -0.1) is 0 Å². The molecule has 6 heteroatoms. The molecule has 4 aromatic rings. The summed E-state index contributed by atoms with van der Waals surface area (Å²) in [4.78, 5) is 22.7. The van der Waals surface area contributed by atoms with Crippen LogP contribution in [0.5, 0.6) is 0 Å². The molecular formula is C33H38N4O2. The smallest absolute Gasteiger partial charge is 0.278 e. The number of hydrogen-bond donors (Lipinski definition) is 1. The van der Waals surface area contributed by atoms with Gasteiger partial charge in [-0.1, -0.05) is 32.9 Å². The molecule has 5 rings (SSSR count). The minimum absolute atomic E-state index is 0.0447. The van der Waals surface area contributed by atoms with E-state index in [1.807, 2.05) is 67.5 Å². The van der Waals surface area contributed by atoms with Gasteiger partial charge in [0.2, 0.25) is 5.89 Å². The lowest BCUT2D eigenvalue weighted by Gasteiger charge is -2.28. The number of amides is 1. The molecule has 39 heavy (non-hydrogen) atoms. The lowest BCUT2D eigenvalue weighted by atomic mass is 9.87. The first kappa shape index (κ1) is 26.5. The Labute approximate surface area is 231 Å². The van der Waals surface area contributed by atoms with E-state index < -0.39 is 0 Å². The summed E-state index contributed by atoms with van der Waals surface area (Å²) in [6.45, 7) is 8.72. The second-order valence-electron chi connectivity index (χ2n) is 11.5. The fraction of sp³-hybridized carbons (Fsp3) is 0.333. The number of aromatic nitrogens is 1. The first-order valence-electron chi connectivity index (χ1n) is 13.7. The van der Waals surface area contributed by atoms with E-state index in [-0.39, 0.29) is 17.0 Å². The van der Waals surface area contributed by atoms with Crippen molar-refractivity contribution in [2.75, 3.05) is 42.3 Å². The van der Waals surface area contributed by atoms with Crippen molar-refractivity contribution in [1.82, 2.24) is 4.98 Å². The van der Waals surface area contributed by atoms with Crippen LogP contribution in [0.2, 0.25) is 0 Å². The van der Waals surface area contributed by atoms with Crippen molar-refractivity contribution in [1.29, 1.82) is 0 Å². The second kappa shape index (κ2) is 11.0. The Bertz CT molecular complexity index is 1410. The molecular weight excluding hydrogens is 484 g/mol. The van der Waals surface area contributed by atoms with E-state index in [2.05, 4.69) is 55.3 Å².